The fourth-order valence-corrected chi connectivity index (χ4v) is 4.94. The molecule has 0 amide bonds. The zero-order valence-corrected chi connectivity index (χ0v) is 14.5. The summed E-state index contributed by atoms with van der Waals surface area (Å²) in [5.41, 5.74) is 0.776. The van der Waals surface area contributed by atoms with Crippen LogP contribution in [0.4, 0.5) is 0 Å². The van der Waals surface area contributed by atoms with Crippen LogP contribution in [0, 0.1) is 0 Å². The molecule has 2 atom stereocenters. The van der Waals surface area contributed by atoms with Crippen molar-refractivity contribution in [3.63, 3.8) is 0 Å². The molecule has 4 nitrogen and oxygen atoms in total. The maximum Gasteiger partial charge on any atom is 0.244 e. The number of hydrogen-bond donors (Lipinski definition) is 0. The molecule has 7 heteroatoms. The van der Waals surface area contributed by atoms with Gasteiger partial charge in [0.1, 0.15) is 0 Å². The van der Waals surface area contributed by atoms with Gasteiger partial charge in [0.15, 0.2) is 0 Å². The van der Waals surface area contributed by atoms with E-state index in [1.54, 1.807) is 25.2 Å². The van der Waals surface area contributed by atoms with E-state index < -0.39 is 10.0 Å². The van der Waals surface area contributed by atoms with Crippen LogP contribution in [0.2, 0.25) is 0 Å². The summed E-state index contributed by atoms with van der Waals surface area (Å²) in [5, 5.41) is 0. The van der Waals surface area contributed by atoms with E-state index in [2.05, 4.69) is 15.9 Å². The average molecular weight is 383 g/mol. The molecule has 0 radical (unpaired) electrons. The van der Waals surface area contributed by atoms with Crippen molar-refractivity contribution < 1.29 is 13.2 Å². The van der Waals surface area contributed by atoms with Crippen molar-refractivity contribution in [2.75, 3.05) is 13.7 Å². The summed E-state index contributed by atoms with van der Waals surface area (Å²) in [6.45, 7) is 2.49. The summed E-state index contributed by atoms with van der Waals surface area (Å²) < 4.78 is 32.9. The monoisotopic (exact) mass is 381 g/mol. The normalized spacial score (nSPS) is 23.4. The Morgan fingerprint density at radius 3 is 2.75 bits per heavy atom. The Balaban J connectivity index is 2.39. The molecule has 1 heterocycles. The fraction of sp³-hybridized carbons (Fsp3) is 0.538. The molecule has 1 aromatic carbocycles. The fourth-order valence-electron chi connectivity index (χ4n) is 2.36. The van der Waals surface area contributed by atoms with Gasteiger partial charge in [-0.15, -0.1) is 11.6 Å². The molecule has 0 saturated carbocycles. The smallest absolute Gasteiger partial charge is 0.244 e. The third-order valence-electron chi connectivity index (χ3n) is 3.61. The first kappa shape index (κ1) is 16.2. The van der Waals surface area contributed by atoms with Crippen molar-refractivity contribution in [1.82, 2.24) is 4.31 Å². The van der Waals surface area contributed by atoms with Crippen LogP contribution in [0.5, 0.6) is 0 Å². The van der Waals surface area contributed by atoms with Gasteiger partial charge in [0.05, 0.1) is 17.0 Å². The minimum Gasteiger partial charge on any atom is -0.377 e. The third-order valence-corrected chi connectivity index (χ3v) is 6.80. The predicted octanol–water partition coefficient (Wildman–Crippen LogP) is 2.99. The molecule has 0 spiro atoms. The number of alkyl halides is 1. The molecular formula is C13H17BrClNO3S. The molecule has 1 aliphatic rings. The largest absolute Gasteiger partial charge is 0.377 e. The number of rotatable bonds is 4. The maximum absolute atomic E-state index is 12.8. The van der Waals surface area contributed by atoms with Crippen LogP contribution in [0.3, 0.4) is 0 Å². The van der Waals surface area contributed by atoms with Gasteiger partial charge in [0, 0.05) is 24.0 Å². The van der Waals surface area contributed by atoms with Gasteiger partial charge in [-0.25, -0.2) is 8.42 Å². The lowest BCUT2D eigenvalue weighted by Crippen LogP contribution is -2.41. The molecule has 1 fully saturated rings. The van der Waals surface area contributed by atoms with Gasteiger partial charge >= 0.3 is 0 Å². The molecule has 1 aromatic rings. The van der Waals surface area contributed by atoms with Crippen LogP contribution < -0.4 is 0 Å². The van der Waals surface area contributed by atoms with Crippen molar-refractivity contribution in [2.24, 2.45) is 0 Å². The van der Waals surface area contributed by atoms with E-state index >= 15 is 0 Å². The van der Waals surface area contributed by atoms with Crippen LogP contribution in [0.1, 0.15) is 18.9 Å². The quantitative estimate of drug-likeness (QED) is 0.752. The number of ether oxygens (including phenoxy) is 1. The lowest BCUT2D eigenvalue weighted by Gasteiger charge is -2.26. The molecule has 0 N–H and O–H groups in total. The first-order valence-corrected chi connectivity index (χ1v) is 9.08. The maximum atomic E-state index is 12.8. The summed E-state index contributed by atoms with van der Waals surface area (Å²) in [6, 6.07) is 5.00. The highest BCUT2D eigenvalue weighted by atomic mass is 79.9. The Bertz CT molecular complexity index is 593. The summed E-state index contributed by atoms with van der Waals surface area (Å²) in [5.74, 6) is 0.280. The SMILES string of the molecule is CC1OCCC1N(C)S(=O)(=O)c1cc(CCl)ccc1Br. The molecular weight excluding hydrogens is 366 g/mol. The van der Waals surface area contributed by atoms with Crippen molar-refractivity contribution in [3.05, 3.63) is 28.2 Å². The van der Waals surface area contributed by atoms with Gasteiger partial charge in [-0.2, -0.15) is 4.31 Å². The molecule has 1 aliphatic heterocycles. The lowest BCUT2D eigenvalue weighted by atomic mass is 10.2. The van der Waals surface area contributed by atoms with Crippen LogP contribution in [0.25, 0.3) is 0 Å². The second kappa shape index (κ2) is 6.32. The van der Waals surface area contributed by atoms with Crippen molar-refractivity contribution in [2.45, 2.75) is 36.3 Å². The highest BCUT2D eigenvalue weighted by molar-refractivity contribution is 9.10. The number of nitrogens with zero attached hydrogens (tertiary/aromatic N) is 1. The molecule has 112 valence electrons. The molecule has 0 aliphatic carbocycles. The number of sulfonamides is 1. The second-order valence-corrected chi connectivity index (χ2v) is 7.94. The highest BCUT2D eigenvalue weighted by Gasteiger charge is 2.36. The van der Waals surface area contributed by atoms with E-state index in [4.69, 9.17) is 16.3 Å². The van der Waals surface area contributed by atoms with Gasteiger partial charge in [-0.1, -0.05) is 6.07 Å². The standard InChI is InChI=1S/C13H17BrClNO3S/c1-9-12(5-6-19-9)16(2)20(17,18)13-7-10(8-15)3-4-11(13)14/h3-4,7,9,12H,5-6,8H2,1-2H3. The van der Waals surface area contributed by atoms with Crippen molar-refractivity contribution in [3.8, 4) is 0 Å². The summed E-state index contributed by atoms with van der Waals surface area (Å²) in [4.78, 5) is 0.247. The first-order chi connectivity index (χ1) is 9.37. The Labute approximate surface area is 133 Å². The zero-order valence-electron chi connectivity index (χ0n) is 11.3. The minimum absolute atomic E-state index is 0.0928. The van der Waals surface area contributed by atoms with Gasteiger partial charge in [0.2, 0.25) is 10.0 Å². The number of halogens is 2. The number of benzene rings is 1. The van der Waals surface area contributed by atoms with Crippen LogP contribution in [-0.4, -0.2) is 38.5 Å². The lowest BCUT2D eigenvalue weighted by molar-refractivity contribution is 0.102. The van der Waals surface area contributed by atoms with Crippen molar-refractivity contribution >= 4 is 37.6 Å². The first-order valence-electron chi connectivity index (χ1n) is 6.32. The van der Waals surface area contributed by atoms with E-state index in [0.29, 0.717) is 17.5 Å². The Hall–Kier alpha value is -0.140. The van der Waals surface area contributed by atoms with Gasteiger partial charge in [0.25, 0.3) is 0 Å². The van der Waals surface area contributed by atoms with Crippen LogP contribution >= 0.6 is 27.5 Å². The second-order valence-electron chi connectivity index (χ2n) is 4.85. The van der Waals surface area contributed by atoms with E-state index in [1.165, 1.54) is 4.31 Å². The Kier molecular flexibility index (Phi) is 5.13. The third kappa shape index (κ3) is 3.04. The van der Waals surface area contributed by atoms with Gasteiger partial charge < -0.3 is 4.74 Å². The predicted molar refractivity (Wildman–Crippen MR) is 82.5 cm³/mol. The van der Waals surface area contributed by atoms with Crippen LogP contribution in [0.15, 0.2) is 27.6 Å². The van der Waals surface area contributed by atoms with Crippen molar-refractivity contribution in [1.29, 1.82) is 0 Å². The van der Waals surface area contributed by atoms with Crippen LogP contribution in [-0.2, 0) is 20.6 Å². The molecule has 0 bridgehead atoms. The van der Waals surface area contributed by atoms with E-state index in [9.17, 15) is 8.42 Å². The Morgan fingerprint density at radius 1 is 1.50 bits per heavy atom. The highest BCUT2D eigenvalue weighted by Crippen LogP contribution is 2.30. The van der Waals surface area contributed by atoms with Gasteiger partial charge in [-0.3, -0.25) is 0 Å². The topological polar surface area (TPSA) is 46.6 Å². The molecule has 2 rings (SSSR count). The average Bonchev–Trinajstić information content (AvgIpc) is 2.84. The van der Waals surface area contributed by atoms with E-state index in [0.717, 1.165) is 5.56 Å². The van der Waals surface area contributed by atoms with Gasteiger partial charge in [-0.05, 0) is 47.0 Å². The Morgan fingerprint density at radius 2 is 2.20 bits per heavy atom. The summed E-state index contributed by atoms with van der Waals surface area (Å²) >= 11 is 9.09. The number of likely N-dealkylation sites (N-methyl/N-ethyl adjacent to an activating group) is 1. The molecule has 0 aromatic heterocycles. The minimum atomic E-state index is -3.57. The van der Waals surface area contributed by atoms with E-state index in [1.807, 2.05) is 6.92 Å². The molecule has 1 saturated heterocycles. The summed E-state index contributed by atoms with van der Waals surface area (Å²) in [6.07, 6.45) is 0.619. The zero-order chi connectivity index (χ0) is 14.9. The summed E-state index contributed by atoms with van der Waals surface area (Å²) in [7, 11) is -1.97. The van der Waals surface area contributed by atoms with E-state index in [-0.39, 0.29) is 22.9 Å². The number of hydrogen-bond acceptors (Lipinski definition) is 3. The molecule has 2 unspecified atom stereocenters. The molecule has 20 heavy (non-hydrogen) atoms.